The SMILES string of the molecule is Cc1c(Cl)cccc1S(=O)(=O)N1CC(n2cc(Cn3nccn3)nn2)C1. The molecule has 1 saturated heterocycles. The number of rotatable bonds is 5. The molecule has 26 heavy (non-hydrogen) atoms. The summed E-state index contributed by atoms with van der Waals surface area (Å²) in [6, 6.07) is 4.86. The summed E-state index contributed by atoms with van der Waals surface area (Å²) in [7, 11) is -3.57. The van der Waals surface area contributed by atoms with E-state index in [0.29, 0.717) is 35.9 Å². The van der Waals surface area contributed by atoms with Crippen LogP contribution >= 0.6 is 11.6 Å². The molecule has 0 spiro atoms. The largest absolute Gasteiger partial charge is 0.246 e. The molecule has 136 valence electrons. The third kappa shape index (κ3) is 3.00. The van der Waals surface area contributed by atoms with Crippen LogP contribution in [0.15, 0.2) is 41.7 Å². The molecular formula is C15H16ClN7O2S. The fourth-order valence-corrected chi connectivity index (χ4v) is 4.81. The van der Waals surface area contributed by atoms with Gasteiger partial charge in [0.1, 0.15) is 12.2 Å². The molecule has 0 N–H and O–H groups in total. The summed E-state index contributed by atoms with van der Waals surface area (Å²) in [6.45, 7) is 2.82. The van der Waals surface area contributed by atoms with Gasteiger partial charge in [-0.25, -0.2) is 13.1 Å². The Balaban J connectivity index is 1.45. The van der Waals surface area contributed by atoms with E-state index in [-0.39, 0.29) is 10.9 Å². The van der Waals surface area contributed by atoms with Crippen LogP contribution in [-0.4, -0.2) is 55.8 Å². The molecule has 0 bridgehead atoms. The normalized spacial score (nSPS) is 15.9. The van der Waals surface area contributed by atoms with E-state index in [1.165, 1.54) is 9.10 Å². The maximum atomic E-state index is 12.8. The quantitative estimate of drug-likeness (QED) is 0.644. The predicted octanol–water partition coefficient (Wildman–Crippen LogP) is 1.13. The molecule has 1 aromatic carbocycles. The number of halogens is 1. The fraction of sp³-hybridized carbons (Fsp3) is 0.333. The Morgan fingerprint density at radius 3 is 2.69 bits per heavy atom. The highest BCUT2D eigenvalue weighted by Gasteiger charge is 2.39. The maximum absolute atomic E-state index is 12.8. The zero-order valence-electron chi connectivity index (χ0n) is 13.9. The molecule has 0 saturated carbocycles. The Labute approximate surface area is 155 Å². The highest BCUT2D eigenvalue weighted by Crippen LogP contribution is 2.31. The van der Waals surface area contributed by atoms with Gasteiger partial charge < -0.3 is 0 Å². The number of sulfonamides is 1. The molecule has 0 aliphatic carbocycles. The zero-order chi connectivity index (χ0) is 18.3. The summed E-state index contributed by atoms with van der Waals surface area (Å²) in [4.78, 5) is 1.75. The summed E-state index contributed by atoms with van der Waals surface area (Å²) >= 11 is 6.05. The van der Waals surface area contributed by atoms with Gasteiger partial charge in [-0.15, -0.1) is 5.10 Å². The summed E-state index contributed by atoms with van der Waals surface area (Å²) in [5.41, 5.74) is 1.28. The van der Waals surface area contributed by atoms with E-state index in [9.17, 15) is 8.42 Å². The Hall–Kier alpha value is -2.30. The number of benzene rings is 1. The van der Waals surface area contributed by atoms with Crippen LogP contribution in [0.25, 0.3) is 0 Å². The second-order valence-corrected chi connectivity index (χ2v) is 8.40. The van der Waals surface area contributed by atoms with Crippen LogP contribution in [0.1, 0.15) is 17.3 Å². The van der Waals surface area contributed by atoms with Crippen LogP contribution in [-0.2, 0) is 16.6 Å². The first-order valence-electron chi connectivity index (χ1n) is 7.95. The minimum absolute atomic E-state index is 0.0453. The smallest absolute Gasteiger partial charge is 0.243 e. The lowest BCUT2D eigenvalue weighted by molar-refractivity contribution is 0.188. The summed E-state index contributed by atoms with van der Waals surface area (Å²) < 4.78 is 28.7. The number of hydrogen-bond donors (Lipinski definition) is 0. The lowest BCUT2D eigenvalue weighted by Crippen LogP contribution is -2.50. The first kappa shape index (κ1) is 17.1. The lowest BCUT2D eigenvalue weighted by atomic mass is 10.2. The molecule has 0 amide bonds. The van der Waals surface area contributed by atoms with Crippen molar-refractivity contribution >= 4 is 21.6 Å². The number of hydrogen-bond acceptors (Lipinski definition) is 6. The van der Waals surface area contributed by atoms with Crippen molar-refractivity contribution in [1.29, 1.82) is 0 Å². The van der Waals surface area contributed by atoms with E-state index < -0.39 is 10.0 Å². The standard InChI is InChI=1S/C15H16ClN7O2S/c1-11-14(16)3-2-4-15(11)26(24,25)21-9-13(10-21)22-7-12(19-20-22)8-23-17-5-6-18-23/h2-7,13H,8-10H2,1H3. The van der Waals surface area contributed by atoms with Gasteiger partial charge in [0.15, 0.2) is 0 Å². The molecular weight excluding hydrogens is 378 g/mol. The van der Waals surface area contributed by atoms with Gasteiger partial charge in [0.05, 0.1) is 29.5 Å². The van der Waals surface area contributed by atoms with Crippen LogP contribution in [0, 0.1) is 6.92 Å². The van der Waals surface area contributed by atoms with Gasteiger partial charge in [-0.2, -0.15) is 19.3 Å². The van der Waals surface area contributed by atoms with Crippen LogP contribution in [0.4, 0.5) is 0 Å². The molecule has 1 fully saturated rings. The Kier molecular flexibility index (Phi) is 4.25. The Morgan fingerprint density at radius 2 is 1.96 bits per heavy atom. The van der Waals surface area contributed by atoms with Crippen molar-refractivity contribution in [3.05, 3.63) is 53.1 Å². The van der Waals surface area contributed by atoms with Crippen molar-refractivity contribution in [1.82, 2.24) is 34.3 Å². The van der Waals surface area contributed by atoms with Crippen LogP contribution < -0.4 is 0 Å². The minimum Gasteiger partial charge on any atom is -0.246 e. The molecule has 3 heterocycles. The van der Waals surface area contributed by atoms with Crippen LogP contribution in [0.5, 0.6) is 0 Å². The highest BCUT2D eigenvalue weighted by molar-refractivity contribution is 7.89. The third-order valence-electron chi connectivity index (χ3n) is 4.37. The Bertz CT molecular complexity index is 1030. The van der Waals surface area contributed by atoms with E-state index in [2.05, 4.69) is 20.5 Å². The van der Waals surface area contributed by atoms with Crippen molar-refractivity contribution in [2.45, 2.75) is 24.4 Å². The summed E-state index contributed by atoms with van der Waals surface area (Å²) in [5, 5.41) is 16.7. The van der Waals surface area contributed by atoms with E-state index in [4.69, 9.17) is 11.6 Å². The van der Waals surface area contributed by atoms with E-state index in [0.717, 1.165) is 0 Å². The second kappa shape index (κ2) is 6.45. The van der Waals surface area contributed by atoms with E-state index in [1.807, 2.05) is 0 Å². The average Bonchev–Trinajstić information content (AvgIpc) is 3.21. The fourth-order valence-electron chi connectivity index (χ4n) is 2.82. The first-order valence-corrected chi connectivity index (χ1v) is 9.77. The van der Waals surface area contributed by atoms with Crippen LogP contribution in [0.2, 0.25) is 5.02 Å². The van der Waals surface area contributed by atoms with Gasteiger partial charge in [-0.1, -0.05) is 22.9 Å². The molecule has 0 atom stereocenters. The zero-order valence-corrected chi connectivity index (χ0v) is 15.5. The topological polar surface area (TPSA) is 98.8 Å². The second-order valence-electron chi connectivity index (χ2n) is 6.09. The molecule has 1 aliphatic rings. The maximum Gasteiger partial charge on any atom is 0.243 e. The van der Waals surface area contributed by atoms with Gasteiger partial charge in [0.25, 0.3) is 0 Å². The van der Waals surface area contributed by atoms with Crippen LogP contribution in [0.3, 0.4) is 0 Å². The Morgan fingerprint density at radius 1 is 1.23 bits per heavy atom. The van der Waals surface area contributed by atoms with Crippen molar-refractivity contribution < 1.29 is 8.42 Å². The minimum atomic E-state index is -3.57. The summed E-state index contributed by atoms with van der Waals surface area (Å²) in [6.07, 6.45) is 4.98. The molecule has 11 heteroatoms. The van der Waals surface area contributed by atoms with Gasteiger partial charge in [-0.05, 0) is 24.6 Å². The van der Waals surface area contributed by atoms with Crippen molar-refractivity contribution in [3.8, 4) is 0 Å². The van der Waals surface area contributed by atoms with Gasteiger partial charge in [0.2, 0.25) is 10.0 Å². The molecule has 0 radical (unpaired) electrons. The van der Waals surface area contributed by atoms with Crippen molar-refractivity contribution in [3.63, 3.8) is 0 Å². The number of aromatic nitrogens is 6. The third-order valence-corrected chi connectivity index (χ3v) is 6.75. The van der Waals surface area contributed by atoms with Gasteiger partial charge in [-0.3, -0.25) is 0 Å². The summed E-state index contributed by atoms with van der Waals surface area (Å²) in [5.74, 6) is 0. The predicted molar refractivity (Wildman–Crippen MR) is 93.1 cm³/mol. The van der Waals surface area contributed by atoms with Crippen molar-refractivity contribution in [2.75, 3.05) is 13.1 Å². The lowest BCUT2D eigenvalue weighted by Gasteiger charge is -2.37. The average molecular weight is 394 g/mol. The van der Waals surface area contributed by atoms with Crippen molar-refractivity contribution in [2.24, 2.45) is 0 Å². The monoisotopic (exact) mass is 393 g/mol. The molecule has 0 unspecified atom stereocenters. The molecule has 9 nitrogen and oxygen atoms in total. The first-order chi connectivity index (χ1) is 12.4. The molecule has 3 aromatic rings. The van der Waals surface area contributed by atoms with E-state index >= 15 is 0 Å². The molecule has 4 rings (SSSR count). The molecule has 2 aromatic heterocycles. The van der Waals surface area contributed by atoms with E-state index in [1.54, 1.807) is 48.4 Å². The molecule has 1 aliphatic heterocycles. The van der Waals surface area contributed by atoms with Gasteiger partial charge in [0, 0.05) is 18.1 Å². The van der Waals surface area contributed by atoms with Gasteiger partial charge >= 0.3 is 0 Å². The highest BCUT2D eigenvalue weighted by atomic mass is 35.5. The number of nitrogens with zero attached hydrogens (tertiary/aromatic N) is 7.